The topological polar surface area (TPSA) is 74.3 Å². The maximum atomic E-state index is 13.8. The fraction of sp³-hybridized carbons (Fsp3) is 0.265. The summed E-state index contributed by atoms with van der Waals surface area (Å²) in [6.07, 6.45) is 7.27. The molecule has 2 amide bonds. The molecule has 3 aromatic carbocycles. The molecule has 4 aromatic rings. The average Bonchev–Trinajstić information content (AvgIpc) is 2.99. The van der Waals surface area contributed by atoms with E-state index in [1.54, 1.807) is 30.5 Å². The van der Waals surface area contributed by atoms with Gasteiger partial charge in [-0.2, -0.15) is 0 Å². The van der Waals surface area contributed by atoms with Crippen LogP contribution in [0.1, 0.15) is 48.2 Å². The number of carbonyl (C=O) groups is 2. The van der Waals surface area contributed by atoms with E-state index in [9.17, 15) is 9.59 Å². The lowest BCUT2D eigenvalue weighted by Gasteiger charge is -2.36. The van der Waals surface area contributed by atoms with Gasteiger partial charge in [0.05, 0.1) is 5.41 Å². The lowest BCUT2D eigenvalue weighted by atomic mass is 9.69. The quantitative estimate of drug-likeness (QED) is 0.252. The van der Waals surface area contributed by atoms with Crippen molar-refractivity contribution < 1.29 is 9.59 Å². The van der Waals surface area contributed by atoms with Gasteiger partial charge in [-0.05, 0) is 78.4 Å². The SMILES string of the molecule is CN(C)c1ccc(-c2ccc(CC3(C(=O)Nc4cccc(NC(=O)c5ccccn5)c4)CCCCC3)cc2)cc1. The molecule has 5 rings (SSSR count). The van der Waals surface area contributed by atoms with Crippen molar-refractivity contribution in [1.82, 2.24) is 4.98 Å². The molecule has 0 aliphatic heterocycles. The summed E-state index contributed by atoms with van der Waals surface area (Å²) in [6.45, 7) is 0. The molecule has 1 aliphatic carbocycles. The van der Waals surface area contributed by atoms with E-state index < -0.39 is 5.41 Å². The summed E-state index contributed by atoms with van der Waals surface area (Å²) in [6, 6.07) is 29.7. The van der Waals surface area contributed by atoms with Gasteiger partial charge in [0.15, 0.2) is 0 Å². The number of anilines is 3. The molecule has 1 fully saturated rings. The Bertz CT molecular complexity index is 1440. The Labute approximate surface area is 236 Å². The van der Waals surface area contributed by atoms with E-state index in [0.717, 1.165) is 32.1 Å². The Morgan fingerprint density at radius 1 is 0.775 bits per heavy atom. The van der Waals surface area contributed by atoms with Crippen LogP contribution in [-0.2, 0) is 11.2 Å². The lowest BCUT2D eigenvalue weighted by Crippen LogP contribution is -2.40. The Morgan fingerprint density at radius 2 is 1.43 bits per heavy atom. The van der Waals surface area contributed by atoms with Crippen molar-refractivity contribution in [3.05, 3.63) is 108 Å². The van der Waals surface area contributed by atoms with Crippen LogP contribution < -0.4 is 15.5 Å². The molecule has 204 valence electrons. The third-order valence-electron chi connectivity index (χ3n) is 7.78. The van der Waals surface area contributed by atoms with Gasteiger partial charge in [0.2, 0.25) is 5.91 Å². The second-order valence-electron chi connectivity index (χ2n) is 10.9. The fourth-order valence-electron chi connectivity index (χ4n) is 5.50. The first-order valence-corrected chi connectivity index (χ1v) is 13.9. The Morgan fingerprint density at radius 3 is 2.05 bits per heavy atom. The largest absolute Gasteiger partial charge is 0.378 e. The number of rotatable bonds is 8. The van der Waals surface area contributed by atoms with Gasteiger partial charge in [-0.15, -0.1) is 0 Å². The molecule has 1 aromatic heterocycles. The van der Waals surface area contributed by atoms with Gasteiger partial charge in [-0.3, -0.25) is 14.6 Å². The van der Waals surface area contributed by atoms with E-state index in [-0.39, 0.29) is 11.8 Å². The normalized spacial score (nSPS) is 14.2. The monoisotopic (exact) mass is 532 g/mol. The fourth-order valence-corrected chi connectivity index (χ4v) is 5.50. The number of hydrogen-bond acceptors (Lipinski definition) is 4. The summed E-state index contributed by atoms with van der Waals surface area (Å²) in [5, 5.41) is 6.04. The van der Waals surface area contributed by atoms with Crippen molar-refractivity contribution in [2.75, 3.05) is 29.6 Å². The Kier molecular flexibility index (Phi) is 8.25. The molecular weight excluding hydrogens is 496 g/mol. The molecule has 6 heteroatoms. The maximum absolute atomic E-state index is 13.8. The van der Waals surface area contributed by atoms with E-state index >= 15 is 0 Å². The van der Waals surface area contributed by atoms with Crippen LogP contribution in [0.3, 0.4) is 0 Å². The number of nitrogens with zero attached hydrogens (tertiary/aromatic N) is 2. The number of pyridine rings is 1. The first kappa shape index (κ1) is 27.1. The molecule has 1 saturated carbocycles. The molecule has 6 nitrogen and oxygen atoms in total. The molecule has 2 N–H and O–H groups in total. The van der Waals surface area contributed by atoms with Crippen LogP contribution in [-0.4, -0.2) is 30.9 Å². The molecule has 40 heavy (non-hydrogen) atoms. The predicted molar refractivity (Wildman–Crippen MR) is 163 cm³/mol. The number of amides is 2. The van der Waals surface area contributed by atoms with Gasteiger partial charge in [0.25, 0.3) is 5.91 Å². The lowest BCUT2D eigenvalue weighted by molar-refractivity contribution is -0.127. The number of aromatic nitrogens is 1. The smallest absolute Gasteiger partial charge is 0.274 e. The summed E-state index contributed by atoms with van der Waals surface area (Å²) in [7, 11) is 4.08. The Hall–Kier alpha value is -4.45. The minimum atomic E-state index is -0.458. The van der Waals surface area contributed by atoms with Crippen LogP contribution in [0.5, 0.6) is 0 Å². The first-order valence-electron chi connectivity index (χ1n) is 13.9. The molecule has 1 heterocycles. The highest BCUT2D eigenvalue weighted by molar-refractivity contribution is 6.03. The van der Waals surface area contributed by atoms with Crippen molar-refractivity contribution in [1.29, 1.82) is 0 Å². The predicted octanol–water partition coefficient (Wildman–Crippen LogP) is 7.20. The zero-order chi connectivity index (χ0) is 28.0. The molecule has 0 bridgehead atoms. The molecular formula is C34H36N4O2. The first-order chi connectivity index (χ1) is 19.4. The van der Waals surface area contributed by atoms with E-state index in [4.69, 9.17) is 0 Å². The van der Waals surface area contributed by atoms with Crippen molar-refractivity contribution in [2.24, 2.45) is 5.41 Å². The number of nitrogens with one attached hydrogen (secondary N) is 2. The summed E-state index contributed by atoms with van der Waals surface area (Å²) >= 11 is 0. The van der Waals surface area contributed by atoms with Crippen LogP contribution in [0.25, 0.3) is 11.1 Å². The highest BCUT2D eigenvalue weighted by Gasteiger charge is 2.39. The third kappa shape index (κ3) is 6.40. The van der Waals surface area contributed by atoms with E-state index in [2.05, 4.69) is 69.0 Å². The van der Waals surface area contributed by atoms with Gasteiger partial charge < -0.3 is 15.5 Å². The molecule has 0 atom stereocenters. The second-order valence-corrected chi connectivity index (χ2v) is 10.9. The maximum Gasteiger partial charge on any atom is 0.274 e. The van der Waals surface area contributed by atoms with E-state index in [1.807, 2.05) is 32.3 Å². The number of benzene rings is 3. The van der Waals surface area contributed by atoms with Gasteiger partial charge in [0, 0.05) is 37.4 Å². The van der Waals surface area contributed by atoms with Crippen LogP contribution in [0, 0.1) is 5.41 Å². The summed E-state index contributed by atoms with van der Waals surface area (Å²) in [5.74, 6) is -0.242. The third-order valence-corrected chi connectivity index (χ3v) is 7.78. The molecule has 0 radical (unpaired) electrons. The summed E-state index contributed by atoms with van der Waals surface area (Å²) in [5.41, 5.74) is 5.85. The van der Waals surface area contributed by atoms with Crippen molar-refractivity contribution >= 4 is 28.9 Å². The van der Waals surface area contributed by atoms with Gasteiger partial charge in [0.1, 0.15) is 5.69 Å². The highest BCUT2D eigenvalue weighted by atomic mass is 16.2. The minimum absolute atomic E-state index is 0.0451. The molecule has 1 aliphatic rings. The van der Waals surface area contributed by atoms with Gasteiger partial charge in [-0.25, -0.2) is 0 Å². The zero-order valence-electron chi connectivity index (χ0n) is 23.2. The molecule has 0 unspecified atom stereocenters. The Balaban J connectivity index is 1.29. The highest BCUT2D eigenvalue weighted by Crippen LogP contribution is 2.41. The summed E-state index contributed by atoms with van der Waals surface area (Å²) in [4.78, 5) is 32.6. The van der Waals surface area contributed by atoms with Gasteiger partial charge >= 0.3 is 0 Å². The zero-order valence-corrected chi connectivity index (χ0v) is 23.2. The molecule has 0 saturated heterocycles. The average molecular weight is 533 g/mol. The van der Waals surface area contributed by atoms with Crippen LogP contribution in [0.4, 0.5) is 17.1 Å². The summed E-state index contributed by atoms with van der Waals surface area (Å²) < 4.78 is 0. The van der Waals surface area contributed by atoms with Crippen LogP contribution in [0.15, 0.2) is 97.2 Å². The number of hydrogen-bond donors (Lipinski definition) is 2. The van der Waals surface area contributed by atoms with E-state index in [0.29, 0.717) is 23.5 Å². The van der Waals surface area contributed by atoms with Crippen molar-refractivity contribution in [3.63, 3.8) is 0 Å². The van der Waals surface area contributed by atoms with Crippen LogP contribution in [0.2, 0.25) is 0 Å². The van der Waals surface area contributed by atoms with Crippen molar-refractivity contribution in [2.45, 2.75) is 38.5 Å². The van der Waals surface area contributed by atoms with Crippen LogP contribution >= 0.6 is 0 Å². The minimum Gasteiger partial charge on any atom is -0.378 e. The van der Waals surface area contributed by atoms with Gasteiger partial charge in [-0.1, -0.05) is 67.8 Å². The van der Waals surface area contributed by atoms with Crippen molar-refractivity contribution in [3.8, 4) is 11.1 Å². The molecule has 0 spiro atoms. The second kappa shape index (κ2) is 12.2. The standard InChI is InChI=1S/C34H36N4O2/c1-38(2)30-18-16-27(17-19-30)26-14-12-25(13-15-26)24-34(20-5-3-6-21-34)33(40)37-29-10-8-9-28(23-29)36-32(39)31-11-4-7-22-35-31/h4,7-19,22-23H,3,5-6,20-21,24H2,1-2H3,(H,36,39)(H,37,40). The van der Waals surface area contributed by atoms with E-state index in [1.165, 1.54) is 22.4 Å². The number of carbonyl (C=O) groups excluding carboxylic acids is 2.